The van der Waals surface area contributed by atoms with Crippen LogP contribution in [0.5, 0.6) is 0 Å². The van der Waals surface area contributed by atoms with Gasteiger partial charge in [-0.05, 0) is 24.0 Å². The van der Waals surface area contributed by atoms with Crippen LogP contribution in [0.3, 0.4) is 0 Å². The van der Waals surface area contributed by atoms with E-state index < -0.39 is 52.1 Å². The number of nitrogens with two attached hydrogens (primary N) is 1. The van der Waals surface area contributed by atoms with Crippen LogP contribution in [0, 0.1) is 0 Å². The van der Waals surface area contributed by atoms with Crippen molar-refractivity contribution in [3.05, 3.63) is 35.9 Å². The van der Waals surface area contributed by atoms with Gasteiger partial charge in [0.1, 0.15) is 22.3 Å². The number of hydrogen-bond donors (Lipinski definition) is 2. The van der Waals surface area contributed by atoms with Gasteiger partial charge in [0.05, 0.1) is 22.8 Å². The highest BCUT2D eigenvalue weighted by atomic mass is 32.2. The third-order valence-electron chi connectivity index (χ3n) is 5.23. The number of sulfonamides is 1. The third kappa shape index (κ3) is 5.10. The number of piperidine rings is 1. The Hall–Kier alpha value is -3.18. The molecular formula is C18H18F4N8O3S2. The molecule has 35 heavy (non-hydrogen) atoms. The summed E-state index contributed by atoms with van der Waals surface area (Å²) in [6.45, 7) is -0.515. The fourth-order valence-corrected chi connectivity index (χ4v) is 5.65. The average Bonchev–Trinajstić information content (AvgIpc) is 3.44. The molecule has 3 N–H and O–H groups in total. The normalized spacial score (nSPS) is 19.6. The number of halogens is 4. The Morgan fingerprint density at radius 1 is 1.31 bits per heavy atom. The van der Waals surface area contributed by atoms with Crippen molar-refractivity contribution in [2.75, 3.05) is 18.4 Å². The van der Waals surface area contributed by atoms with Gasteiger partial charge < -0.3 is 11.1 Å². The number of anilines is 1. The molecule has 2 atom stereocenters. The Morgan fingerprint density at radius 3 is 2.63 bits per heavy atom. The first-order chi connectivity index (χ1) is 16.4. The highest BCUT2D eigenvalue weighted by Crippen LogP contribution is 2.38. The van der Waals surface area contributed by atoms with E-state index in [-0.39, 0.29) is 34.4 Å². The molecular weight excluding hydrogens is 516 g/mol. The minimum absolute atomic E-state index is 0.00670. The van der Waals surface area contributed by atoms with E-state index in [0.29, 0.717) is 17.7 Å². The molecule has 17 heteroatoms. The predicted molar refractivity (Wildman–Crippen MR) is 116 cm³/mol. The van der Waals surface area contributed by atoms with Crippen molar-refractivity contribution in [1.29, 1.82) is 0 Å². The molecule has 3 aromatic rings. The Balaban J connectivity index is 1.55. The van der Waals surface area contributed by atoms with E-state index in [1.165, 1.54) is 10.9 Å². The molecule has 3 aromatic heterocycles. The number of nitrogens with one attached hydrogen (secondary N) is 1. The molecule has 11 nitrogen and oxygen atoms in total. The SMILES string of the molecule is Cn1cc(S(=O)(=O)N2CC[C@@H](Nc3ncc(C(F)(F)F)c(-c4cc(C(N)=O)ns4)n3)[C@H](F)C2)cn1. The topological polar surface area (TPSA) is 149 Å². The van der Waals surface area contributed by atoms with Crippen LogP contribution in [0.15, 0.2) is 29.6 Å². The maximum absolute atomic E-state index is 14.9. The lowest BCUT2D eigenvalue weighted by Crippen LogP contribution is -2.50. The Labute approximate surface area is 200 Å². The van der Waals surface area contributed by atoms with Crippen LogP contribution in [0.2, 0.25) is 0 Å². The van der Waals surface area contributed by atoms with Crippen molar-refractivity contribution in [3.8, 4) is 10.6 Å². The van der Waals surface area contributed by atoms with Crippen molar-refractivity contribution in [2.45, 2.75) is 29.7 Å². The fourth-order valence-electron chi connectivity index (χ4n) is 3.45. The van der Waals surface area contributed by atoms with Crippen molar-refractivity contribution in [1.82, 2.24) is 28.4 Å². The highest BCUT2D eigenvalue weighted by molar-refractivity contribution is 7.89. The average molecular weight is 535 g/mol. The Bertz CT molecular complexity index is 1360. The molecule has 0 radical (unpaired) electrons. The zero-order chi connectivity index (χ0) is 25.5. The van der Waals surface area contributed by atoms with Gasteiger partial charge in [-0.3, -0.25) is 9.48 Å². The van der Waals surface area contributed by atoms with Gasteiger partial charge in [-0.1, -0.05) is 0 Å². The molecule has 0 saturated carbocycles. The van der Waals surface area contributed by atoms with E-state index in [1.807, 2.05) is 0 Å². The highest BCUT2D eigenvalue weighted by Gasteiger charge is 2.38. The van der Waals surface area contributed by atoms with Crippen molar-refractivity contribution in [2.24, 2.45) is 12.8 Å². The van der Waals surface area contributed by atoms with Gasteiger partial charge in [-0.2, -0.15) is 26.9 Å². The first-order valence-electron chi connectivity index (χ1n) is 9.97. The molecule has 0 aromatic carbocycles. The number of primary amides is 1. The number of aromatic nitrogens is 5. The zero-order valence-corrected chi connectivity index (χ0v) is 19.5. The number of alkyl halides is 4. The van der Waals surface area contributed by atoms with Gasteiger partial charge in [-0.25, -0.2) is 22.8 Å². The Kier molecular flexibility index (Phi) is 6.50. The lowest BCUT2D eigenvalue weighted by atomic mass is 10.1. The van der Waals surface area contributed by atoms with E-state index >= 15 is 0 Å². The van der Waals surface area contributed by atoms with Gasteiger partial charge in [-0.15, -0.1) is 0 Å². The molecule has 1 aliphatic heterocycles. The summed E-state index contributed by atoms with van der Waals surface area (Å²) in [5.74, 6) is -1.21. The summed E-state index contributed by atoms with van der Waals surface area (Å²) >= 11 is 0.596. The third-order valence-corrected chi connectivity index (χ3v) is 7.84. The number of nitrogens with zero attached hydrogens (tertiary/aromatic N) is 6. The molecule has 1 saturated heterocycles. The number of carbonyl (C=O) groups excluding carboxylic acids is 1. The second-order valence-corrected chi connectivity index (χ2v) is 10.4. The van der Waals surface area contributed by atoms with Crippen LogP contribution in [0.4, 0.5) is 23.5 Å². The molecule has 0 bridgehead atoms. The summed E-state index contributed by atoms with van der Waals surface area (Å²) < 4.78 is 86.9. The molecule has 0 unspecified atom stereocenters. The van der Waals surface area contributed by atoms with E-state index in [1.54, 1.807) is 7.05 Å². The molecule has 188 valence electrons. The number of carbonyl (C=O) groups is 1. The first-order valence-corrected chi connectivity index (χ1v) is 12.2. The monoisotopic (exact) mass is 534 g/mol. The molecule has 1 amide bonds. The number of amides is 1. The summed E-state index contributed by atoms with van der Waals surface area (Å²) in [5.41, 5.74) is 3.18. The predicted octanol–water partition coefficient (Wildman–Crippen LogP) is 1.66. The summed E-state index contributed by atoms with van der Waals surface area (Å²) in [7, 11) is -2.41. The van der Waals surface area contributed by atoms with E-state index in [4.69, 9.17) is 5.73 Å². The van der Waals surface area contributed by atoms with E-state index in [9.17, 15) is 30.8 Å². The van der Waals surface area contributed by atoms with Gasteiger partial charge in [0.2, 0.25) is 16.0 Å². The van der Waals surface area contributed by atoms with Crippen molar-refractivity contribution < 1.29 is 30.8 Å². The van der Waals surface area contributed by atoms with Crippen LogP contribution in [-0.4, -0.2) is 68.1 Å². The fraction of sp³-hybridized carbons (Fsp3) is 0.389. The summed E-state index contributed by atoms with van der Waals surface area (Å²) in [5, 5.41) is 6.47. The second kappa shape index (κ2) is 9.12. The second-order valence-electron chi connectivity index (χ2n) is 7.66. The minimum Gasteiger partial charge on any atom is -0.364 e. The van der Waals surface area contributed by atoms with Crippen molar-refractivity contribution >= 4 is 33.4 Å². The standard InChI is InChI=1S/C18H18F4N8O3S2/c1-29-7-9(5-25-29)35(32,33)30-3-2-12(11(19)8-30)26-17-24-6-10(18(20,21)22)15(27-17)14-4-13(16(23)31)28-34-14/h4-7,11-12H,2-3,8H2,1H3,(H2,23,31)(H,24,26,27)/t11-,12-/m1/s1. The molecule has 0 aliphatic carbocycles. The first kappa shape index (κ1) is 24.9. The lowest BCUT2D eigenvalue weighted by molar-refractivity contribution is -0.137. The van der Waals surface area contributed by atoms with Crippen LogP contribution < -0.4 is 11.1 Å². The summed E-state index contributed by atoms with van der Waals surface area (Å²) in [4.78, 5) is 18.7. The zero-order valence-electron chi connectivity index (χ0n) is 17.9. The smallest absolute Gasteiger partial charge is 0.364 e. The maximum Gasteiger partial charge on any atom is 0.420 e. The minimum atomic E-state index is -4.81. The molecule has 0 spiro atoms. The number of rotatable bonds is 6. The summed E-state index contributed by atoms with van der Waals surface area (Å²) in [6, 6.07) is 0.122. The Morgan fingerprint density at radius 2 is 2.06 bits per heavy atom. The van der Waals surface area contributed by atoms with Crippen LogP contribution in [0.1, 0.15) is 22.5 Å². The van der Waals surface area contributed by atoms with Gasteiger partial charge in [0.25, 0.3) is 5.91 Å². The van der Waals surface area contributed by atoms with Crippen LogP contribution in [-0.2, 0) is 23.2 Å². The molecule has 4 heterocycles. The lowest BCUT2D eigenvalue weighted by Gasteiger charge is -2.34. The number of hydrogen-bond acceptors (Lipinski definition) is 9. The molecule has 1 aliphatic rings. The summed E-state index contributed by atoms with van der Waals surface area (Å²) in [6.07, 6.45) is -3.49. The van der Waals surface area contributed by atoms with E-state index in [0.717, 1.165) is 16.6 Å². The van der Waals surface area contributed by atoms with Gasteiger partial charge in [0.15, 0.2) is 0 Å². The van der Waals surface area contributed by atoms with Crippen LogP contribution in [0.25, 0.3) is 10.6 Å². The maximum atomic E-state index is 14.9. The largest absolute Gasteiger partial charge is 0.420 e. The van der Waals surface area contributed by atoms with Gasteiger partial charge in [0, 0.05) is 32.5 Å². The molecule has 1 fully saturated rings. The van der Waals surface area contributed by atoms with E-state index in [2.05, 4.69) is 24.8 Å². The number of aryl methyl sites for hydroxylation is 1. The molecule has 4 rings (SSSR count). The van der Waals surface area contributed by atoms with Crippen LogP contribution >= 0.6 is 11.5 Å². The van der Waals surface area contributed by atoms with Crippen molar-refractivity contribution in [3.63, 3.8) is 0 Å². The quantitative estimate of drug-likeness (QED) is 0.454. The van der Waals surface area contributed by atoms with Gasteiger partial charge >= 0.3 is 6.18 Å².